The highest BCUT2D eigenvalue weighted by Gasteiger charge is 2.30. The molecular formula is C10H11ClF3N3O. The monoisotopic (exact) mass is 281 g/mol. The molecule has 0 heterocycles. The molecule has 0 radical (unpaired) electrons. The highest BCUT2D eigenvalue weighted by Crippen LogP contribution is 2.28. The molecule has 0 bridgehead atoms. The Morgan fingerprint density at radius 2 is 2.11 bits per heavy atom. The summed E-state index contributed by atoms with van der Waals surface area (Å²) in [4.78, 5) is 0.930. The Morgan fingerprint density at radius 3 is 2.61 bits per heavy atom. The van der Waals surface area contributed by atoms with Crippen LogP contribution in [0.4, 0.5) is 18.9 Å². The van der Waals surface area contributed by atoms with Crippen LogP contribution in [0.25, 0.3) is 0 Å². The number of nitrogens with zero attached hydrogens (tertiary/aromatic N) is 2. The first kappa shape index (κ1) is 14.4. The lowest BCUT2D eigenvalue weighted by Crippen LogP contribution is -2.32. The lowest BCUT2D eigenvalue weighted by atomic mass is 10.1. The quantitative estimate of drug-likeness (QED) is 0.387. The van der Waals surface area contributed by atoms with Crippen molar-refractivity contribution in [3.05, 3.63) is 28.8 Å². The Bertz CT molecular complexity index is 462. The van der Waals surface area contributed by atoms with Gasteiger partial charge in [0.15, 0.2) is 5.84 Å². The summed E-state index contributed by atoms with van der Waals surface area (Å²) < 4.78 is 37.0. The van der Waals surface area contributed by atoms with Crippen LogP contribution in [-0.2, 0) is 0 Å². The number of hydrogen-bond donors (Lipinski definition) is 2. The fourth-order valence-electron chi connectivity index (χ4n) is 1.49. The highest BCUT2D eigenvalue weighted by molar-refractivity contribution is 6.34. The summed E-state index contributed by atoms with van der Waals surface area (Å²) in [5.74, 6) is -0.343. The Labute approximate surface area is 106 Å². The number of oxime groups is 1. The number of benzene rings is 1. The Balaban J connectivity index is 3.20. The van der Waals surface area contributed by atoms with Gasteiger partial charge < -0.3 is 15.8 Å². The smallest absolute Gasteiger partial charge is 0.405 e. The molecule has 18 heavy (non-hydrogen) atoms. The van der Waals surface area contributed by atoms with Crippen LogP contribution in [0.3, 0.4) is 0 Å². The summed E-state index contributed by atoms with van der Waals surface area (Å²) in [6.07, 6.45) is -4.36. The van der Waals surface area contributed by atoms with E-state index < -0.39 is 12.7 Å². The molecule has 4 nitrogen and oxygen atoms in total. The summed E-state index contributed by atoms with van der Waals surface area (Å²) >= 11 is 5.84. The molecule has 1 aromatic carbocycles. The molecule has 0 amide bonds. The van der Waals surface area contributed by atoms with E-state index in [-0.39, 0.29) is 22.1 Å². The third-order valence-electron chi connectivity index (χ3n) is 2.18. The maximum Gasteiger partial charge on any atom is 0.405 e. The molecule has 0 aliphatic heterocycles. The topological polar surface area (TPSA) is 61.8 Å². The standard InChI is InChI=1S/C10H11ClF3N3O/c1-17(5-10(12,13)14)7-4-2-3-6(11)8(7)9(15)16-18/h2-4,18H,5H2,1H3,(H2,15,16). The maximum absolute atomic E-state index is 12.3. The molecule has 0 aliphatic rings. The normalized spacial score (nSPS) is 12.6. The SMILES string of the molecule is CN(CC(F)(F)F)c1cccc(Cl)c1C(N)=NO. The van der Waals surface area contributed by atoms with Crippen molar-refractivity contribution in [3.8, 4) is 0 Å². The molecule has 0 saturated heterocycles. The van der Waals surface area contributed by atoms with Gasteiger partial charge in [-0.05, 0) is 12.1 Å². The molecule has 0 spiro atoms. The van der Waals surface area contributed by atoms with Gasteiger partial charge >= 0.3 is 6.18 Å². The van der Waals surface area contributed by atoms with Crippen molar-refractivity contribution < 1.29 is 18.4 Å². The lowest BCUT2D eigenvalue weighted by molar-refractivity contribution is -0.119. The second-order valence-corrected chi connectivity index (χ2v) is 4.00. The van der Waals surface area contributed by atoms with E-state index in [1.165, 1.54) is 25.2 Å². The van der Waals surface area contributed by atoms with Gasteiger partial charge in [-0.25, -0.2) is 0 Å². The third kappa shape index (κ3) is 3.43. The molecule has 3 N–H and O–H groups in total. The molecular weight excluding hydrogens is 271 g/mol. The maximum atomic E-state index is 12.3. The van der Waals surface area contributed by atoms with Crippen molar-refractivity contribution >= 4 is 23.1 Å². The first-order valence-electron chi connectivity index (χ1n) is 4.80. The van der Waals surface area contributed by atoms with E-state index in [1.807, 2.05) is 0 Å². The fraction of sp³-hybridized carbons (Fsp3) is 0.300. The zero-order valence-corrected chi connectivity index (χ0v) is 10.1. The molecule has 8 heteroatoms. The molecule has 0 fully saturated rings. The number of anilines is 1. The second-order valence-electron chi connectivity index (χ2n) is 3.59. The van der Waals surface area contributed by atoms with Crippen LogP contribution in [0, 0.1) is 0 Å². The van der Waals surface area contributed by atoms with Crippen molar-refractivity contribution in [1.82, 2.24) is 0 Å². The van der Waals surface area contributed by atoms with Crippen LogP contribution in [0.5, 0.6) is 0 Å². The van der Waals surface area contributed by atoms with Crippen LogP contribution in [0.15, 0.2) is 23.4 Å². The van der Waals surface area contributed by atoms with E-state index in [4.69, 9.17) is 22.5 Å². The number of nitrogens with two attached hydrogens (primary N) is 1. The Kier molecular flexibility index (Phi) is 4.28. The van der Waals surface area contributed by atoms with E-state index in [0.29, 0.717) is 0 Å². The largest absolute Gasteiger partial charge is 0.409 e. The van der Waals surface area contributed by atoms with Gasteiger partial charge in [-0.15, -0.1) is 0 Å². The van der Waals surface area contributed by atoms with Gasteiger partial charge in [0.25, 0.3) is 0 Å². The van der Waals surface area contributed by atoms with Crippen molar-refractivity contribution in [2.24, 2.45) is 10.9 Å². The molecule has 0 aromatic heterocycles. The minimum Gasteiger partial charge on any atom is -0.409 e. The van der Waals surface area contributed by atoms with E-state index in [2.05, 4.69) is 5.16 Å². The average molecular weight is 282 g/mol. The summed E-state index contributed by atoms with van der Waals surface area (Å²) in [5, 5.41) is 11.5. The van der Waals surface area contributed by atoms with Crippen LogP contribution in [0.1, 0.15) is 5.56 Å². The van der Waals surface area contributed by atoms with Crippen molar-refractivity contribution in [2.75, 3.05) is 18.5 Å². The highest BCUT2D eigenvalue weighted by atomic mass is 35.5. The first-order valence-corrected chi connectivity index (χ1v) is 5.18. The molecule has 100 valence electrons. The van der Waals surface area contributed by atoms with Gasteiger partial charge in [-0.2, -0.15) is 13.2 Å². The van der Waals surface area contributed by atoms with Crippen LogP contribution < -0.4 is 10.6 Å². The summed E-state index contributed by atoms with van der Waals surface area (Å²) in [7, 11) is 1.24. The van der Waals surface area contributed by atoms with E-state index in [1.54, 1.807) is 0 Å². The molecule has 0 atom stereocenters. The second kappa shape index (κ2) is 5.34. The van der Waals surface area contributed by atoms with Crippen molar-refractivity contribution in [3.63, 3.8) is 0 Å². The van der Waals surface area contributed by atoms with Gasteiger partial charge in [0.2, 0.25) is 0 Å². The number of rotatable bonds is 3. The summed E-state index contributed by atoms with van der Waals surface area (Å²) in [6.45, 7) is -1.17. The molecule has 1 rings (SSSR count). The fourth-order valence-corrected chi connectivity index (χ4v) is 1.75. The van der Waals surface area contributed by atoms with Gasteiger partial charge in [0, 0.05) is 12.7 Å². The van der Waals surface area contributed by atoms with Gasteiger partial charge in [-0.3, -0.25) is 0 Å². The van der Waals surface area contributed by atoms with Gasteiger partial charge in [-0.1, -0.05) is 22.8 Å². The lowest BCUT2D eigenvalue weighted by Gasteiger charge is -2.23. The van der Waals surface area contributed by atoms with Crippen LogP contribution in [0.2, 0.25) is 5.02 Å². The Hall–Kier alpha value is -1.63. The number of halogens is 4. The third-order valence-corrected chi connectivity index (χ3v) is 2.50. The molecule has 0 aliphatic carbocycles. The number of alkyl halides is 3. The van der Waals surface area contributed by atoms with E-state index >= 15 is 0 Å². The predicted molar refractivity (Wildman–Crippen MR) is 63.3 cm³/mol. The van der Waals surface area contributed by atoms with Crippen LogP contribution >= 0.6 is 11.6 Å². The van der Waals surface area contributed by atoms with Crippen LogP contribution in [-0.4, -0.2) is 30.8 Å². The summed E-state index contributed by atoms with van der Waals surface area (Å²) in [5.41, 5.74) is 5.60. The average Bonchev–Trinajstić information content (AvgIpc) is 2.25. The summed E-state index contributed by atoms with van der Waals surface area (Å²) in [6, 6.07) is 4.34. The molecule has 0 unspecified atom stereocenters. The van der Waals surface area contributed by atoms with E-state index in [0.717, 1.165) is 4.90 Å². The van der Waals surface area contributed by atoms with Gasteiger partial charge in [0.1, 0.15) is 6.54 Å². The van der Waals surface area contributed by atoms with E-state index in [9.17, 15) is 13.2 Å². The van der Waals surface area contributed by atoms with Crippen molar-refractivity contribution in [1.29, 1.82) is 0 Å². The van der Waals surface area contributed by atoms with Crippen molar-refractivity contribution in [2.45, 2.75) is 6.18 Å². The Morgan fingerprint density at radius 1 is 1.50 bits per heavy atom. The zero-order chi connectivity index (χ0) is 13.9. The minimum absolute atomic E-state index is 0.0633. The molecule has 0 saturated carbocycles. The zero-order valence-electron chi connectivity index (χ0n) is 9.37. The predicted octanol–water partition coefficient (Wildman–Crippen LogP) is 2.43. The minimum atomic E-state index is -4.36. The molecule has 1 aromatic rings. The number of amidine groups is 1. The van der Waals surface area contributed by atoms with Gasteiger partial charge in [0.05, 0.1) is 10.6 Å². The number of hydrogen-bond acceptors (Lipinski definition) is 3. The first-order chi connectivity index (χ1) is 8.26.